The third kappa shape index (κ3) is 3.95. The molecular formula is C18H21N3O3. The van der Waals surface area contributed by atoms with Gasteiger partial charge >= 0.3 is 6.03 Å². The normalized spacial score (nSPS) is 16.9. The fourth-order valence-corrected chi connectivity index (χ4v) is 2.80. The second-order valence-electron chi connectivity index (χ2n) is 5.91. The number of amides is 3. The lowest BCUT2D eigenvalue weighted by Crippen LogP contribution is -2.43. The molecule has 0 radical (unpaired) electrons. The molecule has 2 heterocycles. The van der Waals surface area contributed by atoms with Crippen LogP contribution >= 0.6 is 0 Å². The molecular weight excluding hydrogens is 306 g/mol. The summed E-state index contributed by atoms with van der Waals surface area (Å²) in [6, 6.07) is 13.3. The molecule has 1 aliphatic rings. The Kier molecular flexibility index (Phi) is 4.84. The van der Waals surface area contributed by atoms with Crippen molar-refractivity contribution >= 4 is 11.9 Å². The van der Waals surface area contributed by atoms with Crippen LogP contribution in [0.15, 0.2) is 46.9 Å². The highest BCUT2D eigenvalue weighted by atomic mass is 16.3. The summed E-state index contributed by atoms with van der Waals surface area (Å²) in [5, 5.41) is 5.67. The standard InChI is InChI=1S/C18H21N3O3/c1-13(22)21-10-9-15(12-21)20-18(23)19-11-16-7-8-17(24-16)14-5-3-2-4-6-14/h2-8,15H,9-12H2,1H3,(H2,19,20,23)/t15-/m1/s1. The van der Waals surface area contributed by atoms with E-state index in [1.807, 2.05) is 42.5 Å². The van der Waals surface area contributed by atoms with Crippen LogP contribution in [0.3, 0.4) is 0 Å². The van der Waals surface area contributed by atoms with Gasteiger partial charge in [-0.1, -0.05) is 30.3 Å². The molecule has 0 unspecified atom stereocenters. The number of rotatable bonds is 4. The second kappa shape index (κ2) is 7.21. The minimum absolute atomic E-state index is 0.00498. The molecule has 2 N–H and O–H groups in total. The number of likely N-dealkylation sites (tertiary alicyclic amines) is 1. The van der Waals surface area contributed by atoms with Crippen LogP contribution in [0.5, 0.6) is 0 Å². The van der Waals surface area contributed by atoms with Crippen molar-refractivity contribution in [3.8, 4) is 11.3 Å². The van der Waals surface area contributed by atoms with E-state index in [0.29, 0.717) is 25.4 Å². The second-order valence-corrected chi connectivity index (χ2v) is 5.91. The molecule has 1 aliphatic heterocycles. The molecule has 1 atom stereocenters. The van der Waals surface area contributed by atoms with Crippen molar-refractivity contribution < 1.29 is 14.0 Å². The Balaban J connectivity index is 1.47. The van der Waals surface area contributed by atoms with Gasteiger partial charge in [0, 0.05) is 31.6 Å². The lowest BCUT2D eigenvalue weighted by Gasteiger charge is -2.15. The maximum atomic E-state index is 12.0. The average Bonchev–Trinajstić information content (AvgIpc) is 3.23. The molecule has 24 heavy (non-hydrogen) atoms. The number of furan rings is 1. The summed E-state index contributed by atoms with van der Waals surface area (Å²) < 4.78 is 5.74. The monoisotopic (exact) mass is 327 g/mol. The highest BCUT2D eigenvalue weighted by molar-refractivity contribution is 5.75. The predicted octanol–water partition coefficient (Wildman–Crippen LogP) is 2.37. The summed E-state index contributed by atoms with van der Waals surface area (Å²) in [5.74, 6) is 1.52. The van der Waals surface area contributed by atoms with E-state index in [9.17, 15) is 9.59 Å². The minimum atomic E-state index is -0.247. The first-order valence-electron chi connectivity index (χ1n) is 8.06. The van der Waals surface area contributed by atoms with Gasteiger partial charge in [0.2, 0.25) is 5.91 Å². The fraction of sp³-hybridized carbons (Fsp3) is 0.333. The summed E-state index contributed by atoms with van der Waals surface area (Å²) >= 11 is 0. The van der Waals surface area contributed by atoms with Gasteiger partial charge in [-0.2, -0.15) is 0 Å². The first kappa shape index (κ1) is 16.1. The number of carbonyl (C=O) groups excluding carboxylic acids is 2. The Morgan fingerprint density at radius 2 is 2.00 bits per heavy atom. The maximum Gasteiger partial charge on any atom is 0.315 e. The molecule has 2 aromatic rings. The van der Waals surface area contributed by atoms with E-state index in [2.05, 4.69) is 10.6 Å². The molecule has 6 nitrogen and oxygen atoms in total. The first-order chi connectivity index (χ1) is 11.6. The summed E-state index contributed by atoms with van der Waals surface area (Å²) in [5.41, 5.74) is 1.00. The number of urea groups is 1. The molecule has 3 amide bonds. The molecule has 0 saturated carbocycles. The molecule has 1 aromatic heterocycles. The van der Waals surface area contributed by atoms with Gasteiger partial charge in [0.15, 0.2) is 0 Å². The van der Waals surface area contributed by atoms with Crippen LogP contribution in [0.2, 0.25) is 0 Å². The third-order valence-electron chi connectivity index (χ3n) is 4.11. The van der Waals surface area contributed by atoms with E-state index in [1.54, 1.807) is 11.8 Å². The van der Waals surface area contributed by atoms with Crippen molar-refractivity contribution in [1.29, 1.82) is 0 Å². The highest BCUT2D eigenvalue weighted by Crippen LogP contribution is 2.21. The van der Waals surface area contributed by atoms with Crippen LogP contribution in [0.4, 0.5) is 4.79 Å². The Bertz CT molecular complexity index is 711. The van der Waals surface area contributed by atoms with Gasteiger partial charge in [0.05, 0.1) is 6.54 Å². The molecule has 3 rings (SSSR count). The van der Waals surface area contributed by atoms with E-state index in [1.165, 1.54) is 0 Å². The van der Waals surface area contributed by atoms with E-state index in [0.717, 1.165) is 17.7 Å². The maximum absolute atomic E-state index is 12.0. The Morgan fingerprint density at radius 3 is 2.71 bits per heavy atom. The first-order valence-corrected chi connectivity index (χ1v) is 8.06. The van der Waals surface area contributed by atoms with Crippen molar-refractivity contribution in [2.45, 2.75) is 25.9 Å². The van der Waals surface area contributed by atoms with Crippen LogP contribution in [0.25, 0.3) is 11.3 Å². The van der Waals surface area contributed by atoms with Crippen molar-refractivity contribution in [3.63, 3.8) is 0 Å². The van der Waals surface area contributed by atoms with Crippen molar-refractivity contribution in [3.05, 3.63) is 48.2 Å². The van der Waals surface area contributed by atoms with Crippen molar-refractivity contribution in [2.24, 2.45) is 0 Å². The Hall–Kier alpha value is -2.76. The van der Waals surface area contributed by atoms with Gasteiger partial charge in [0.1, 0.15) is 11.5 Å². The molecule has 0 spiro atoms. The number of carbonyl (C=O) groups is 2. The number of nitrogens with zero attached hydrogens (tertiary/aromatic N) is 1. The number of benzene rings is 1. The Morgan fingerprint density at radius 1 is 1.21 bits per heavy atom. The zero-order chi connectivity index (χ0) is 16.9. The lowest BCUT2D eigenvalue weighted by molar-refractivity contribution is -0.127. The van der Waals surface area contributed by atoms with Crippen LogP contribution < -0.4 is 10.6 Å². The van der Waals surface area contributed by atoms with Crippen molar-refractivity contribution in [1.82, 2.24) is 15.5 Å². The lowest BCUT2D eigenvalue weighted by atomic mass is 10.2. The topological polar surface area (TPSA) is 74.6 Å². The smallest absolute Gasteiger partial charge is 0.315 e. The average molecular weight is 327 g/mol. The molecule has 126 valence electrons. The van der Waals surface area contributed by atoms with E-state index >= 15 is 0 Å². The van der Waals surface area contributed by atoms with Gasteiger partial charge < -0.3 is 20.0 Å². The number of hydrogen-bond donors (Lipinski definition) is 2. The van der Waals surface area contributed by atoms with Gasteiger partial charge in [-0.25, -0.2) is 4.79 Å². The van der Waals surface area contributed by atoms with Gasteiger partial charge in [-0.15, -0.1) is 0 Å². The van der Waals surface area contributed by atoms with Gasteiger partial charge in [-0.05, 0) is 18.6 Å². The largest absolute Gasteiger partial charge is 0.459 e. The van der Waals surface area contributed by atoms with Crippen molar-refractivity contribution in [2.75, 3.05) is 13.1 Å². The third-order valence-corrected chi connectivity index (χ3v) is 4.11. The molecule has 1 saturated heterocycles. The van der Waals surface area contributed by atoms with Gasteiger partial charge in [-0.3, -0.25) is 4.79 Å². The summed E-state index contributed by atoms with van der Waals surface area (Å²) in [7, 11) is 0. The molecule has 1 aromatic carbocycles. The molecule has 1 fully saturated rings. The highest BCUT2D eigenvalue weighted by Gasteiger charge is 2.25. The minimum Gasteiger partial charge on any atom is -0.459 e. The fourth-order valence-electron chi connectivity index (χ4n) is 2.80. The predicted molar refractivity (Wildman–Crippen MR) is 90.2 cm³/mol. The Labute approximate surface area is 140 Å². The molecule has 0 aliphatic carbocycles. The number of hydrogen-bond acceptors (Lipinski definition) is 3. The molecule has 0 bridgehead atoms. The van der Waals surface area contributed by atoms with Crippen LogP contribution in [0, 0.1) is 0 Å². The van der Waals surface area contributed by atoms with Crippen LogP contribution in [0.1, 0.15) is 19.1 Å². The molecule has 6 heteroatoms. The number of nitrogens with one attached hydrogen (secondary N) is 2. The van der Waals surface area contributed by atoms with E-state index in [-0.39, 0.29) is 18.0 Å². The summed E-state index contributed by atoms with van der Waals surface area (Å²) in [6.07, 6.45) is 0.784. The SMILES string of the molecule is CC(=O)N1CC[C@@H](NC(=O)NCc2ccc(-c3ccccc3)o2)C1. The summed E-state index contributed by atoms with van der Waals surface area (Å²) in [6.45, 7) is 3.13. The van der Waals surface area contributed by atoms with Crippen LogP contribution in [-0.2, 0) is 11.3 Å². The zero-order valence-electron chi connectivity index (χ0n) is 13.6. The zero-order valence-corrected chi connectivity index (χ0v) is 13.6. The van der Waals surface area contributed by atoms with Crippen LogP contribution in [-0.4, -0.2) is 36.0 Å². The van der Waals surface area contributed by atoms with E-state index in [4.69, 9.17) is 4.42 Å². The van der Waals surface area contributed by atoms with E-state index < -0.39 is 0 Å². The summed E-state index contributed by atoms with van der Waals surface area (Å²) in [4.78, 5) is 25.0. The van der Waals surface area contributed by atoms with Gasteiger partial charge in [0.25, 0.3) is 0 Å². The quantitative estimate of drug-likeness (QED) is 0.905.